The summed E-state index contributed by atoms with van der Waals surface area (Å²) in [6, 6.07) is 6.92. The van der Waals surface area contributed by atoms with E-state index in [9.17, 15) is 4.79 Å². The smallest absolute Gasteiger partial charge is 0.337 e. The Hall–Kier alpha value is -1.53. The van der Waals surface area contributed by atoms with Gasteiger partial charge in [0.25, 0.3) is 0 Å². The van der Waals surface area contributed by atoms with E-state index in [-0.39, 0.29) is 11.3 Å². The first kappa shape index (κ1) is 12.9. The van der Waals surface area contributed by atoms with Gasteiger partial charge in [0.05, 0.1) is 5.56 Å². The predicted octanol–water partition coefficient (Wildman–Crippen LogP) is 3.40. The quantitative estimate of drug-likeness (QED) is 0.752. The van der Waals surface area contributed by atoms with Gasteiger partial charge in [0.15, 0.2) is 0 Å². The van der Waals surface area contributed by atoms with Crippen LogP contribution in [0.3, 0.4) is 0 Å². The van der Waals surface area contributed by atoms with E-state index in [4.69, 9.17) is 10.8 Å². The van der Waals surface area contributed by atoms with E-state index in [1.807, 2.05) is 11.4 Å². The number of rotatable bonds is 4. The van der Waals surface area contributed by atoms with Crippen LogP contribution in [0.2, 0.25) is 0 Å². The Morgan fingerprint density at radius 1 is 1.44 bits per heavy atom. The van der Waals surface area contributed by atoms with Crippen LogP contribution >= 0.6 is 27.3 Å². The second-order valence-electron chi connectivity index (χ2n) is 3.69. The first-order chi connectivity index (χ1) is 8.56. The second-order valence-corrected chi connectivity index (χ2v) is 5.60. The largest absolute Gasteiger partial charge is 0.478 e. The molecule has 0 saturated carbocycles. The molecule has 4 N–H and O–H groups in total. The number of nitrogens with one attached hydrogen (secondary N) is 1. The lowest BCUT2D eigenvalue weighted by Crippen LogP contribution is -2.04. The predicted molar refractivity (Wildman–Crippen MR) is 77.2 cm³/mol. The number of nitrogens with two attached hydrogens (primary N) is 1. The summed E-state index contributed by atoms with van der Waals surface area (Å²) in [6.07, 6.45) is 0. The SMILES string of the molecule is Nc1ccc(NCc2cc(Br)cs2)cc1C(=O)O. The van der Waals surface area contributed by atoms with Gasteiger partial charge < -0.3 is 16.2 Å². The van der Waals surface area contributed by atoms with Crippen molar-refractivity contribution in [2.45, 2.75) is 6.54 Å². The van der Waals surface area contributed by atoms with Gasteiger partial charge in [-0.25, -0.2) is 4.79 Å². The highest BCUT2D eigenvalue weighted by Crippen LogP contribution is 2.22. The van der Waals surface area contributed by atoms with Gasteiger partial charge in [-0.05, 0) is 40.2 Å². The Balaban J connectivity index is 2.10. The molecule has 0 radical (unpaired) electrons. The van der Waals surface area contributed by atoms with Gasteiger partial charge in [-0.15, -0.1) is 11.3 Å². The number of carboxylic acid groups (broad SMARTS) is 1. The fourth-order valence-corrected chi connectivity index (χ4v) is 2.88. The lowest BCUT2D eigenvalue weighted by molar-refractivity contribution is 0.0698. The molecular weight excluding hydrogens is 316 g/mol. The standard InChI is InChI=1S/C12H11BrN2O2S/c13-7-3-9(18-6-7)5-15-8-1-2-11(14)10(4-8)12(16)17/h1-4,6,15H,5,14H2,(H,16,17). The molecule has 4 nitrogen and oxygen atoms in total. The van der Waals surface area contributed by atoms with Gasteiger partial charge in [0.2, 0.25) is 0 Å². The molecule has 0 atom stereocenters. The van der Waals surface area contributed by atoms with Crippen LogP contribution in [0.4, 0.5) is 11.4 Å². The van der Waals surface area contributed by atoms with E-state index in [0.717, 1.165) is 15.0 Å². The highest BCUT2D eigenvalue weighted by atomic mass is 79.9. The van der Waals surface area contributed by atoms with E-state index in [2.05, 4.69) is 21.2 Å². The molecule has 0 spiro atoms. The van der Waals surface area contributed by atoms with Crippen LogP contribution < -0.4 is 11.1 Å². The van der Waals surface area contributed by atoms with Crippen molar-refractivity contribution < 1.29 is 9.90 Å². The average molecular weight is 327 g/mol. The molecule has 0 aliphatic rings. The molecule has 1 aromatic carbocycles. The van der Waals surface area contributed by atoms with Crippen LogP contribution in [0.1, 0.15) is 15.2 Å². The maximum absolute atomic E-state index is 10.9. The van der Waals surface area contributed by atoms with E-state index in [0.29, 0.717) is 6.54 Å². The molecule has 18 heavy (non-hydrogen) atoms. The van der Waals surface area contributed by atoms with Gasteiger partial charge in [0, 0.05) is 32.6 Å². The minimum Gasteiger partial charge on any atom is -0.478 e. The lowest BCUT2D eigenvalue weighted by atomic mass is 10.1. The van der Waals surface area contributed by atoms with Crippen LogP contribution in [0, 0.1) is 0 Å². The number of nitrogen functional groups attached to an aromatic ring is 1. The minimum absolute atomic E-state index is 0.118. The molecule has 0 fully saturated rings. The first-order valence-corrected chi connectivity index (χ1v) is 6.83. The van der Waals surface area contributed by atoms with Crippen LogP contribution in [0.5, 0.6) is 0 Å². The summed E-state index contributed by atoms with van der Waals surface area (Å²) in [5.41, 5.74) is 6.72. The fourth-order valence-electron chi connectivity index (χ4n) is 1.49. The third-order valence-electron chi connectivity index (χ3n) is 2.37. The molecule has 0 aliphatic heterocycles. The Kier molecular flexibility index (Phi) is 3.88. The number of thiophene rings is 1. The van der Waals surface area contributed by atoms with Crippen molar-refractivity contribution in [3.8, 4) is 0 Å². The lowest BCUT2D eigenvalue weighted by Gasteiger charge is -2.07. The summed E-state index contributed by atoms with van der Waals surface area (Å²) in [5.74, 6) is -1.02. The number of anilines is 2. The molecule has 0 bridgehead atoms. The molecular formula is C12H11BrN2O2S. The molecule has 0 unspecified atom stereocenters. The molecule has 6 heteroatoms. The van der Waals surface area contributed by atoms with Gasteiger partial charge in [-0.2, -0.15) is 0 Å². The van der Waals surface area contributed by atoms with Gasteiger partial charge in [-0.3, -0.25) is 0 Å². The van der Waals surface area contributed by atoms with Crippen molar-refractivity contribution in [2.75, 3.05) is 11.1 Å². The summed E-state index contributed by atoms with van der Waals surface area (Å²) >= 11 is 5.02. The van der Waals surface area contributed by atoms with Crippen molar-refractivity contribution in [2.24, 2.45) is 0 Å². The number of carbonyl (C=O) groups is 1. The number of hydrogen-bond donors (Lipinski definition) is 3. The molecule has 0 aliphatic carbocycles. The third-order valence-corrected chi connectivity index (χ3v) is 4.07. The van der Waals surface area contributed by atoms with E-state index < -0.39 is 5.97 Å². The highest BCUT2D eigenvalue weighted by Gasteiger charge is 2.08. The highest BCUT2D eigenvalue weighted by molar-refractivity contribution is 9.10. The molecule has 0 amide bonds. The Morgan fingerprint density at radius 3 is 2.83 bits per heavy atom. The van der Waals surface area contributed by atoms with Crippen molar-refractivity contribution in [3.63, 3.8) is 0 Å². The zero-order valence-corrected chi connectivity index (χ0v) is 11.7. The topological polar surface area (TPSA) is 75.3 Å². The van der Waals surface area contributed by atoms with Gasteiger partial charge in [0.1, 0.15) is 0 Å². The molecule has 0 saturated heterocycles. The van der Waals surface area contributed by atoms with Crippen LogP contribution in [0.15, 0.2) is 34.1 Å². The second kappa shape index (κ2) is 5.41. The van der Waals surface area contributed by atoms with Crippen molar-refractivity contribution in [3.05, 3.63) is 44.6 Å². The number of carboxylic acids is 1. The van der Waals surface area contributed by atoms with Crippen molar-refractivity contribution in [1.29, 1.82) is 0 Å². The maximum atomic E-state index is 10.9. The Morgan fingerprint density at radius 2 is 2.22 bits per heavy atom. The Labute approximate surface area is 117 Å². The molecule has 2 rings (SSSR count). The van der Waals surface area contributed by atoms with E-state index >= 15 is 0 Å². The number of halogens is 1. The first-order valence-electron chi connectivity index (χ1n) is 5.16. The van der Waals surface area contributed by atoms with Gasteiger partial charge in [-0.1, -0.05) is 0 Å². The Bertz CT molecular complexity index is 583. The molecule has 2 aromatic rings. The van der Waals surface area contributed by atoms with Crippen LogP contribution in [-0.2, 0) is 6.54 Å². The van der Waals surface area contributed by atoms with Crippen molar-refractivity contribution in [1.82, 2.24) is 0 Å². The van der Waals surface area contributed by atoms with Crippen LogP contribution in [0.25, 0.3) is 0 Å². The monoisotopic (exact) mass is 326 g/mol. The summed E-state index contributed by atoms with van der Waals surface area (Å²) in [7, 11) is 0. The van der Waals surface area contributed by atoms with E-state index in [1.54, 1.807) is 29.5 Å². The average Bonchev–Trinajstić information content (AvgIpc) is 2.74. The number of aromatic carboxylic acids is 1. The minimum atomic E-state index is -1.02. The summed E-state index contributed by atoms with van der Waals surface area (Å²) in [6.45, 7) is 0.652. The maximum Gasteiger partial charge on any atom is 0.337 e. The zero-order chi connectivity index (χ0) is 13.1. The third kappa shape index (κ3) is 3.02. The van der Waals surface area contributed by atoms with E-state index in [1.165, 1.54) is 0 Å². The fraction of sp³-hybridized carbons (Fsp3) is 0.0833. The summed E-state index contributed by atoms with van der Waals surface area (Å²) < 4.78 is 1.05. The van der Waals surface area contributed by atoms with Gasteiger partial charge >= 0.3 is 5.97 Å². The van der Waals surface area contributed by atoms with Crippen molar-refractivity contribution >= 4 is 44.6 Å². The number of benzene rings is 1. The summed E-state index contributed by atoms with van der Waals surface area (Å²) in [4.78, 5) is 12.1. The summed E-state index contributed by atoms with van der Waals surface area (Å²) in [5, 5.41) is 14.1. The molecule has 1 aromatic heterocycles. The molecule has 94 valence electrons. The van der Waals surface area contributed by atoms with Crippen LogP contribution in [-0.4, -0.2) is 11.1 Å². The normalized spacial score (nSPS) is 10.3. The zero-order valence-electron chi connectivity index (χ0n) is 9.31. The molecule has 1 heterocycles. The number of hydrogen-bond acceptors (Lipinski definition) is 4.